The molecular formula is C19H24N2O2. The van der Waals surface area contributed by atoms with Gasteiger partial charge >= 0.3 is 0 Å². The van der Waals surface area contributed by atoms with Gasteiger partial charge in [-0.3, -0.25) is 4.79 Å². The summed E-state index contributed by atoms with van der Waals surface area (Å²) in [6, 6.07) is 10.2. The number of carbonyl (C=O) groups excluding carboxylic acids is 1. The first kappa shape index (κ1) is 15.7. The normalized spacial score (nSPS) is 15.0. The molecule has 3 rings (SSSR count). The van der Waals surface area contributed by atoms with Crippen LogP contribution < -0.4 is 4.90 Å². The van der Waals surface area contributed by atoms with Crippen molar-refractivity contribution in [3.63, 3.8) is 0 Å². The second kappa shape index (κ2) is 6.90. The fourth-order valence-electron chi connectivity index (χ4n) is 3.12. The average molecular weight is 312 g/mol. The first-order valence-corrected chi connectivity index (χ1v) is 8.26. The van der Waals surface area contributed by atoms with Crippen molar-refractivity contribution < 1.29 is 9.21 Å². The van der Waals surface area contributed by atoms with Gasteiger partial charge in [0.1, 0.15) is 5.76 Å². The lowest BCUT2D eigenvalue weighted by Crippen LogP contribution is -2.49. The van der Waals surface area contributed by atoms with Crippen molar-refractivity contribution in [1.29, 1.82) is 0 Å². The summed E-state index contributed by atoms with van der Waals surface area (Å²) >= 11 is 0. The van der Waals surface area contributed by atoms with Crippen LogP contribution in [0, 0.1) is 13.8 Å². The fraction of sp³-hybridized carbons (Fsp3) is 0.421. The Morgan fingerprint density at radius 1 is 1.09 bits per heavy atom. The van der Waals surface area contributed by atoms with Crippen LogP contribution in [-0.4, -0.2) is 37.0 Å². The number of amides is 1. The van der Waals surface area contributed by atoms with E-state index in [0.29, 0.717) is 12.8 Å². The number of hydrogen-bond donors (Lipinski definition) is 0. The first-order chi connectivity index (χ1) is 11.1. The van der Waals surface area contributed by atoms with E-state index in [2.05, 4.69) is 36.9 Å². The van der Waals surface area contributed by atoms with Crippen molar-refractivity contribution in [2.45, 2.75) is 26.7 Å². The van der Waals surface area contributed by atoms with Gasteiger partial charge in [-0.2, -0.15) is 0 Å². The van der Waals surface area contributed by atoms with Crippen LogP contribution in [0.15, 0.2) is 41.0 Å². The van der Waals surface area contributed by atoms with Crippen LogP contribution in [0.2, 0.25) is 0 Å². The van der Waals surface area contributed by atoms with Crippen molar-refractivity contribution in [3.05, 3.63) is 53.5 Å². The highest BCUT2D eigenvalue weighted by molar-refractivity contribution is 5.76. The highest BCUT2D eigenvalue weighted by Gasteiger charge is 2.22. The Balaban J connectivity index is 1.53. The first-order valence-electron chi connectivity index (χ1n) is 8.26. The summed E-state index contributed by atoms with van der Waals surface area (Å²) in [6.45, 7) is 7.71. The van der Waals surface area contributed by atoms with E-state index >= 15 is 0 Å². The molecule has 122 valence electrons. The Bertz CT molecular complexity index is 656. The third-order valence-corrected chi connectivity index (χ3v) is 4.71. The predicted molar refractivity (Wildman–Crippen MR) is 91.7 cm³/mol. The minimum atomic E-state index is 0.224. The zero-order valence-corrected chi connectivity index (χ0v) is 13.9. The Hall–Kier alpha value is -2.23. The third-order valence-electron chi connectivity index (χ3n) is 4.71. The number of benzene rings is 1. The number of aryl methyl sites for hydroxylation is 2. The molecule has 1 amide bonds. The maximum Gasteiger partial charge on any atom is 0.223 e. The Morgan fingerprint density at radius 2 is 1.87 bits per heavy atom. The minimum Gasteiger partial charge on any atom is -0.469 e. The number of piperazine rings is 1. The molecule has 1 aromatic carbocycles. The highest BCUT2D eigenvalue weighted by atomic mass is 16.3. The van der Waals surface area contributed by atoms with E-state index in [1.165, 1.54) is 16.8 Å². The molecule has 1 aromatic heterocycles. The second-order valence-corrected chi connectivity index (χ2v) is 6.17. The number of anilines is 1. The molecule has 1 saturated heterocycles. The van der Waals surface area contributed by atoms with Crippen molar-refractivity contribution in [2.75, 3.05) is 31.1 Å². The molecule has 4 nitrogen and oxygen atoms in total. The summed E-state index contributed by atoms with van der Waals surface area (Å²) in [5.74, 6) is 1.11. The fourth-order valence-corrected chi connectivity index (χ4v) is 3.12. The van der Waals surface area contributed by atoms with E-state index in [1.807, 2.05) is 17.0 Å². The van der Waals surface area contributed by atoms with Gasteiger partial charge in [-0.25, -0.2) is 0 Å². The van der Waals surface area contributed by atoms with Gasteiger partial charge in [0.25, 0.3) is 0 Å². The van der Waals surface area contributed by atoms with Crippen molar-refractivity contribution >= 4 is 11.6 Å². The van der Waals surface area contributed by atoms with Gasteiger partial charge in [0.05, 0.1) is 6.26 Å². The molecule has 0 atom stereocenters. The van der Waals surface area contributed by atoms with E-state index in [9.17, 15) is 4.79 Å². The lowest BCUT2D eigenvalue weighted by molar-refractivity contribution is -0.131. The van der Waals surface area contributed by atoms with Crippen molar-refractivity contribution in [2.24, 2.45) is 0 Å². The van der Waals surface area contributed by atoms with Gasteiger partial charge in [-0.1, -0.05) is 12.1 Å². The maximum atomic E-state index is 12.3. The van der Waals surface area contributed by atoms with Crippen LogP contribution in [0.25, 0.3) is 0 Å². The van der Waals surface area contributed by atoms with Crippen LogP contribution in [0.5, 0.6) is 0 Å². The predicted octanol–water partition coefficient (Wildman–Crippen LogP) is 3.18. The molecule has 2 heterocycles. The summed E-state index contributed by atoms with van der Waals surface area (Å²) in [4.78, 5) is 16.7. The van der Waals surface area contributed by atoms with Gasteiger partial charge in [0, 0.05) is 44.7 Å². The summed E-state index contributed by atoms with van der Waals surface area (Å²) in [6.07, 6.45) is 2.86. The molecule has 0 saturated carbocycles. The summed E-state index contributed by atoms with van der Waals surface area (Å²) < 4.78 is 5.29. The molecule has 1 aliphatic rings. The van der Waals surface area contributed by atoms with Crippen LogP contribution in [-0.2, 0) is 11.2 Å². The molecule has 23 heavy (non-hydrogen) atoms. The van der Waals surface area contributed by atoms with Gasteiger partial charge in [-0.05, 0) is 43.2 Å². The number of hydrogen-bond acceptors (Lipinski definition) is 3. The largest absolute Gasteiger partial charge is 0.469 e. The third kappa shape index (κ3) is 3.58. The molecular weight excluding hydrogens is 288 g/mol. The Labute approximate surface area is 137 Å². The van der Waals surface area contributed by atoms with Gasteiger partial charge in [0.15, 0.2) is 0 Å². The number of nitrogens with zero attached hydrogens (tertiary/aromatic N) is 2. The van der Waals surface area contributed by atoms with Crippen molar-refractivity contribution in [3.8, 4) is 0 Å². The molecule has 0 bridgehead atoms. The molecule has 0 N–H and O–H groups in total. The molecule has 0 unspecified atom stereocenters. The van der Waals surface area contributed by atoms with E-state index in [4.69, 9.17) is 4.42 Å². The number of carbonyl (C=O) groups is 1. The summed E-state index contributed by atoms with van der Waals surface area (Å²) in [5, 5.41) is 0. The lowest BCUT2D eigenvalue weighted by atomic mass is 10.1. The standard InChI is InChI=1S/C19H24N2O2/c1-15-5-3-7-18(16(15)2)20-10-12-21(13-11-20)19(22)9-8-17-6-4-14-23-17/h3-7,14H,8-13H2,1-2H3. The molecule has 0 spiro atoms. The summed E-state index contributed by atoms with van der Waals surface area (Å²) in [7, 11) is 0. The van der Waals surface area contributed by atoms with Gasteiger partial charge in [-0.15, -0.1) is 0 Å². The number of furan rings is 1. The molecule has 2 aromatic rings. The van der Waals surface area contributed by atoms with Crippen LogP contribution in [0.1, 0.15) is 23.3 Å². The van der Waals surface area contributed by atoms with Crippen molar-refractivity contribution in [1.82, 2.24) is 4.90 Å². The topological polar surface area (TPSA) is 36.7 Å². The van der Waals surface area contributed by atoms with Gasteiger partial charge < -0.3 is 14.2 Å². The highest BCUT2D eigenvalue weighted by Crippen LogP contribution is 2.24. The quantitative estimate of drug-likeness (QED) is 0.870. The molecule has 1 fully saturated rings. The maximum absolute atomic E-state index is 12.3. The lowest BCUT2D eigenvalue weighted by Gasteiger charge is -2.37. The van der Waals surface area contributed by atoms with Gasteiger partial charge in [0.2, 0.25) is 5.91 Å². The van der Waals surface area contributed by atoms with Crippen LogP contribution in [0.4, 0.5) is 5.69 Å². The zero-order valence-electron chi connectivity index (χ0n) is 13.9. The van der Waals surface area contributed by atoms with Crippen LogP contribution in [0.3, 0.4) is 0 Å². The van der Waals surface area contributed by atoms with E-state index in [1.54, 1.807) is 6.26 Å². The molecule has 0 radical (unpaired) electrons. The Morgan fingerprint density at radius 3 is 2.57 bits per heavy atom. The van der Waals surface area contributed by atoms with E-state index < -0.39 is 0 Å². The zero-order chi connectivity index (χ0) is 16.2. The Kier molecular flexibility index (Phi) is 4.70. The second-order valence-electron chi connectivity index (χ2n) is 6.17. The monoisotopic (exact) mass is 312 g/mol. The smallest absolute Gasteiger partial charge is 0.223 e. The van der Waals surface area contributed by atoms with E-state index in [-0.39, 0.29) is 5.91 Å². The molecule has 4 heteroatoms. The SMILES string of the molecule is Cc1cccc(N2CCN(C(=O)CCc3ccco3)CC2)c1C. The average Bonchev–Trinajstić information content (AvgIpc) is 3.09. The van der Waals surface area contributed by atoms with Crippen LogP contribution >= 0.6 is 0 Å². The van der Waals surface area contributed by atoms with E-state index in [0.717, 1.165) is 31.9 Å². The molecule has 0 aliphatic carbocycles. The molecule has 1 aliphatic heterocycles. The number of rotatable bonds is 4. The summed E-state index contributed by atoms with van der Waals surface area (Å²) in [5.41, 5.74) is 3.96. The minimum absolute atomic E-state index is 0.224.